The van der Waals surface area contributed by atoms with Crippen molar-refractivity contribution in [2.45, 2.75) is 12.5 Å². The number of ether oxygens (including phenoxy) is 1. The van der Waals surface area contributed by atoms with Gasteiger partial charge in [0.1, 0.15) is 11.8 Å². The van der Waals surface area contributed by atoms with Gasteiger partial charge in [0.2, 0.25) is 0 Å². The van der Waals surface area contributed by atoms with Gasteiger partial charge in [-0.1, -0.05) is 23.7 Å². The van der Waals surface area contributed by atoms with Crippen LogP contribution in [0.1, 0.15) is 15.9 Å². The number of amides is 1. The highest BCUT2D eigenvalue weighted by Crippen LogP contribution is 2.13. The number of hydrogen-bond donors (Lipinski definition) is 2. The predicted octanol–water partition coefficient (Wildman–Crippen LogP) is 2.56. The van der Waals surface area contributed by atoms with Gasteiger partial charge < -0.3 is 15.2 Å². The van der Waals surface area contributed by atoms with Crippen LogP contribution in [0.5, 0.6) is 5.75 Å². The number of aromatic hydroxyl groups is 1. The molecule has 2 aromatic rings. The normalized spacial score (nSPS) is 11.6. The Hall–Kier alpha value is -2.53. The lowest BCUT2D eigenvalue weighted by Crippen LogP contribution is -2.43. The highest BCUT2D eigenvalue weighted by Gasteiger charge is 2.22. The molecule has 0 heterocycles. The van der Waals surface area contributed by atoms with Crippen LogP contribution in [0.4, 0.5) is 0 Å². The third-order valence-corrected chi connectivity index (χ3v) is 3.53. The van der Waals surface area contributed by atoms with E-state index in [1.807, 2.05) is 0 Å². The molecule has 0 aliphatic carbocycles. The minimum atomic E-state index is -0.817. The minimum Gasteiger partial charge on any atom is -0.508 e. The van der Waals surface area contributed by atoms with Crippen LogP contribution in [-0.4, -0.2) is 30.1 Å². The summed E-state index contributed by atoms with van der Waals surface area (Å²) >= 11 is 5.83. The van der Waals surface area contributed by atoms with E-state index < -0.39 is 17.9 Å². The number of phenolic OH excluding ortho intramolecular Hbond substituents is 1. The second-order valence-electron chi connectivity index (χ2n) is 4.93. The first-order valence-electron chi connectivity index (χ1n) is 6.92. The first kappa shape index (κ1) is 16.8. The number of phenols is 1. The van der Waals surface area contributed by atoms with E-state index in [1.165, 1.54) is 31.4 Å². The third-order valence-electron chi connectivity index (χ3n) is 3.27. The molecule has 2 rings (SSSR count). The molecule has 0 radical (unpaired) electrons. The van der Waals surface area contributed by atoms with Crippen molar-refractivity contribution in [2.75, 3.05) is 7.11 Å². The number of methoxy groups -OCH3 is 1. The maximum atomic E-state index is 12.2. The molecule has 5 nitrogen and oxygen atoms in total. The fourth-order valence-electron chi connectivity index (χ4n) is 2.05. The van der Waals surface area contributed by atoms with E-state index in [1.54, 1.807) is 24.3 Å². The van der Waals surface area contributed by atoms with Crippen molar-refractivity contribution in [3.8, 4) is 5.75 Å². The summed E-state index contributed by atoms with van der Waals surface area (Å²) in [6.07, 6.45) is 0.285. The Bertz CT molecular complexity index is 683. The van der Waals surface area contributed by atoms with Gasteiger partial charge in [0.15, 0.2) is 0 Å². The summed E-state index contributed by atoms with van der Waals surface area (Å²) in [5.41, 5.74) is 1.18. The average Bonchev–Trinajstić information content (AvgIpc) is 2.56. The Labute approximate surface area is 138 Å². The fraction of sp³-hybridized carbons (Fsp3) is 0.176. The van der Waals surface area contributed by atoms with Crippen LogP contribution >= 0.6 is 11.6 Å². The molecule has 0 aliphatic rings. The van der Waals surface area contributed by atoms with Crippen LogP contribution in [0.25, 0.3) is 0 Å². The van der Waals surface area contributed by atoms with Crippen molar-refractivity contribution in [3.63, 3.8) is 0 Å². The second kappa shape index (κ2) is 7.65. The van der Waals surface area contributed by atoms with Crippen molar-refractivity contribution < 1.29 is 19.4 Å². The molecule has 1 amide bonds. The van der Waals surface area contributed by atoms with Crippen LogP contribution in [0.3, 0.4) is 0 Å². The molecule has 0 aromatic heterocycles. The van der Waals surface area contributed by atoms with Gasteiger partial charge >= 0.3 is 5.97 Å². The molecule has 1 atom stereocenters. The third kappa shape index (κ3) is 4.72. The summed E-state index contributed by atoms with van der Waals surface area (Å²) in [5.74, 6) is -0.895. The number of carbonyl (C=O) groups is 2. The molecule has 0 spiro atoms. The van der Waals surface area contributed by atoms with Crippen molar-refractivity contribution in [3.05, 3.63) is 64.7 Å². The number of benzene rings is 2. The van der Waals surface area contributed by atoms with Crippen LogP contribution in [0, 0.1) is 0 Å². The van der Waals surface area contributed by atoms with E-state index >= 15 is 0 Å². The molecule has 0 saturated carbocycles. The van der Waals surface area contributed by atoms with E-state index in [0.717, 1.165) is 5.56 Å². The fourth-order valence-corrected chi connectivity index (χ4v) is 2.17. The molecule has 2 aromatic carbocycles. The van der Waals surface area contributed by atoms with E-state index in [9.17, 15) is 14.7 Å². The van der Waals surface area contributed by atoms with Crippen LogP contribution in [-0.2, 0) is 16.0 Å². The van der Waals surface area contributed by atoms with Gasteiger partial charge in [0.05, 0.1) is 7.11 Å². The van der Waals surface area contributed by atoms with E-state index in [4.69, 9.17) is 16.3 Å². The summed E-state index contributed by atoms with van der Waals surface area (Å²) < 4.78 is 4.74. The van der Waals surface area contributed by atoms with Crippen molar-refractivity contribution >= 4 is 23.5 Å². The van der Waals surface area contributed by atoms with Crippen LogP contribution in [0.2, 0.25) is 5.02 Å². The van der Waals surface area contributed by atoms with Gasteiger partial charge in [-0.3, -0.25) is 4.79 Å². The second-order valence-corrected chi connectivity index (χ2v) is 5.36. The summed E-state index contributed by atoms with van der Waals surface area (Å²) in [5, 5.41) is 12.5. The van der Waals surface area contributed by atoms with Crippen LogP contribution < -0.4 is 5.32 Å². The van der Waals surface area contributed by atoms with E-state index in [-0.39, 0.29) is 12.2 Å². The van der Waals surface area contributed by atoms with E-state index in [2.05, 4.69) is 5.32 Å². The quantitative estimate of drug-likeness (QED) is 0.825. The predicted molar refractivity (Wildman–Crippen MR) is 86.5 cm³/mol. The summed E-state index contributed by atoms with van der Waals surface area (Å²) in [4.78, 5) is 24.1. The maximum absolute atomic E-state index is 12.2. The van der Waals surface area contributed by atoms with Gasteiger partial charge in [-0.15, -0.1) is 0 Å². The Morgan fingerprint density at radius 3 is 2.30 bits per heavy atom. The van der Waals surface area contributed by atoms with Crippen molar-refractivity contribution in [1.29, 1.82) is 0 Å². The largest absolute Gasteiger partial charge is 0.508 e. The summed E-state index contributed by atoms with van der Waals surface area (Å²) in [6.45, 7) is 0. The Kier molecular flexibility index (Phi) is 5.60. The molecule has 6 heteroatoms. The van der Waals surface area contributed by atoms with E-state index in [0.29, 0.717) is 10.6 Å². The molecule has 2 N–H and O–H groups in total. The molecule has 120 valence electrons. The topological polar surface area (TPSA) is 75.6 Å². The molecule has 23 heavy (non-hydrogen) atoms. The van der Waals surface area contributed by atoms with Crippen molar-refractivity contribution in [1.82, 2.24) is 5.32 Å². The lowest BCUT2D eigenvalue weighted by molar-refractivity contribution is -0.142. The number of nitrogens with one attached hydrogen (secondary N) is 1. The molecular weight excluding hydrogens is 318 g/mol. The first-order valence-corrected chi connectivity index (χ1v) is 7.29. The number of rotatable bonds is 5. The molecule has 0 fully saturated rings. The standard InChI is InChI=1S/C17H16ClNO4/c1-23-17(22)15(10-11-2-6-13(18)7-3-11)19-16(21)12-4-8-14(20)9-5-12/h2-9,15,20H,10H2,1H3,(H,19,21)/t15-/m1/s1. The van der Waals surface area contributed by atoms with Gasteiger partial charge in [-0.25, -0.2) is 4.79 Å². The Balaban J connectivity index is 2.12. The average molecular weight is 334 g/mol. The number of esters is 1. The first-order chi connectivity index (χ1) is 11.0. The zero-order chi connectivity index (χ0) is 16.8. The number of carbonyl (C=O) groups excluding carboxylic acids is 2. The Morgan fingerprint density at radius 2 is 1.74 bits per heavy atom. The van der Waals surface area contributed by atoms with Gasteiger partial charge in [0.25, 0.3) is 5.91 Å². The van der Waals surface area contributed by atoms with Crippen molar-refractivity contribution in [2.24, 2.45) is 0 Å². The summed E-state index contributed by atoms with van der Waals surface area (Å²) in [7, 11) is 1.27. The lowest BCUT2D eigenvalue weighted by atomic mass is 10.1. The highest BCUT2D eigenvalue weighted by atomic mass is 35.5. The minimum absolute atomic E-state index is 0.0623. The molecule has 0 aliphatic heterocycles. The molecule has 0 unspecified atom stereocenters. The number of halogens is 1. The smallest absolute Gasteiger partial charge is 0.328 e. The zero-order valence-corrected chi connectivity index (χ0v) is 13.2. The molecule has 0 saturated heterocycles. The SMILES string of the molecule is COC(=O)[C@@H](Cc1ccc(Cl)cc1)NC(=O)c1ccc(O)cc1. The zero-order valence-electron chi connectivity index (χ0n) is 12.5. The van der Waals surface area contributed by atoms with Gasteiger partial charge in [-0.05, 0) is 42.0 Å². The molecular formula is C17H16ClNO4. The highest BCUT2D eigenvalue weighted by molar-refractivity contribution is 6.30. The summed E-state index contributed by atoms with van der Waals surface area (Å²) in [6, 6.07) is 11.9. The van der Waals surface area contributed by atoms with Gasteiger partial charge in [0, 0.05) is 17.0 Å². The Morgan fingerprint density at radius 1 is 1.13 bits per heavy atom. The number of hydrogen-bond acceptors (Lipinski definition) is 4. The van der Waals surface area contributed by atoms with Gasteiger partial charge in [-0.2, -0.15) is 0 Å². The van der Waals surface area contributed by atoms with Crippen LogP contribution in [0.15, 0.2) is 48.5 Å². The molecule has 0 bridgehead atoms. The monoisotopic (exact) mass is 333 g/mol. The maximum Gasteiger partial charge on any atom is 0.328 e. The lowest BCUT2D eigenvalue weighted by Gasteiger charge is -2.16.